The zero-order valence-corrected chi connectivity index (χ0v) is 20.6. The third kappa shape index (κ3) is 5.46. The van der Waals surface area contributed by atoms with Gasteiger partial charge < -0.3 is 24.3 Å². The molecule has 0 bridgehead atoms. The van der Waals surface area contributed by atoms with Gasteiger partial charge in [-0.1, -0.05) is 0 Å². The van der Waals surface area contributed by atoms with Gasteiger partial charge in [-0.05, 0) is 68.2 Å². The molecule has 1 atom stereocenters. The Hall–Kier alpha value is -2.07. The smallest absolute Gasteiger partial charge is 0.444 e. The van der Waals surface area contributed by atoms with Crippen LogP contribution in [0.1, 0.15) is 74.3 Å². The summed E-state index contributed by atoms with van der Waals surface area (Å²) in [6.45, 7) is 16.4. The average molecular weight is 448 g/mol. The number of hydrogen-bond donors (Lipinski definition) is 1. The molecule has 1 aromatic heterocycles. The van der Waals surface area contributed by atoms with Gasteiger partial charge in [0.05, 0.1) is 17.2 Å². The number of nitrogens with zero attached hydrogens (tertiary/aromatic N) is 3. The molecule has 2 aliphatic heterocycles. The average Bonchev–Trinajstić information content (AvgIpc) is 3.22. The molecule has 0 aliphatic carbocycles. The minimum atomic E-state index is -0.638. The fraction of sp³-hybridized carbons (Fsp3) is 0.773. The molecule has 0 aromatic carbocycles. The van der Waals surface area contributed by atoms with Crippen molar-refractivity contribution >= 4 is 24.6 Å². The van der Waals surface area contributed by atoms with Crippen molar-refractivity contribution in [3.05, 3.63) is 12.4 Å². The Morgan fingerprint density at radius 3 is 2.28 bits per heavy atom. The van der Waals surface area contributed by atoms with Gasteiger partial charge in [0.2, 0.25) is 5.91 Å². The van der Waals surface area contributed by atoms with Gasteiger partial charge in [-0.15, -0.1) is 0 Å². The quantitative estimate of drug-likeness (QED) is 0.711. The Bertz CT molecular complexity index is 824. The summed E-state index contributed by atoms with van der Waals surface area (Å²) in [7, 11) is -0.435. The Morgan fingerprint density at radius 2 is 1.75 bits per heavy atom. The Labute approximate surface area is 191 Å². The van der Waals surface area contributed by atoms with Crippen LogP contribution in [-0.2, 0) is 18.8 Å². The van der Waals surface area contributed by atoms with Gasteiger partial charge >= 0.3 is 13.2 Å². The van der Waals surface area contributed by atoms with Gasteiger partial charge in [0, 0.05) is 30.9 Å². The van der Waals surface area contributed by atoms with E-state index in [-0.39, 0.29) is 11.9 Å². The molecular formula is C22H37BN4O5. The van der Waals surface area contributed by atoms with E-state index < -0.39 is 36.1 Å². The molecule has 2 fully saturated rings. The van der Waals surface area contributed by atoms with E-state index >= 15 is 0 Å². The molecule has 1 aromatic rings. The Balaban J connectivity index is 1.52. The van der Waals surface area contributed by atoms with E-state index in [1.807, 2.05) is 38.6 Å². The molecule has 178 valence electrons. The number of ether oxygens (including phenoxy) is 1. The molecule has 9 nitrogen and oxygen atoms in total. The normalized spacial score (nSPS) is 22.0. The zero-order valence-electron chi connectivity index (χ0n) is 20.6. The Morgan fingerprint density at radius 1 is 1.19 bits per heavy atom. The van der Waals surface area contributed by atoms with Gasteiger partial charge in [0.25, 0.3) is 0 Å². The summed E-state index contributed by atoms with van der Waals surface area (Å²) >= 11 is 0. The SMILES string of the molecule is C[C@H](NC(=O)OC(C)(C)C)C(=O)N1CCC(n2cc(B3OC(C)(C)C(C)(C)O3)cn2)CC1. The van der Waals surface area contributed by atoms with Crippen molar-refractivity contribution in [3.63, 3.8) is 0 Å². The first-order valence-electron chi connectivity index (χ1n) is 11.4. The highest BCUT2D eigenvalue weighted by atomic mass is 16.7. The van der Waals surface area contributed by atoms with E-state index in [4.69, 9.17) is 14.0 Å². The van der Waals surface area contributed by atoms with Gasteiger partial charge in [-0.25, -0.2) is 4.79 Å². The minimum Gasteiger partial charge on any atom is -0.444 e. The second-order valence-electron chi connectivity index (χ2n) is 10.8. The fourth-order valence-electron chi connectivity index (χ4n) is 3.82. The molecule has 10 heteroatoms. The van der Waals surface area contributed by atoms with Gasteiger partial charge in [-0.2, -0.15) is 5.10 Å². The van der Waals surface area contributed by atoms with Crippen LogP contribution in [0.25, 0.3) is 0 Å². The minimum absolute atomic E-state index is 0.104. The van der Waals surface area contributed by atoms with Crippen molar-refractivity contribution in [2.45, 2.75) is 97.1 Å². The first-order valence-corrected chi connectivity index (χ1v) is 11.4. The number of likely N-dealkylation sites (tertiary alicyclic amines) is 1. The number of carbonyl (C=O) groups is 2. The van der Waals surface area contributed by atoms with Crippen LogP contribution in [-0.4, -0.2) is 69.7 Å². The van der Waals surface area contributed by atoms with Crippen molar-refractivity contribution in [2.75, 3.05) is 13.1 Å². The summed E-state index contributed by atoms with van der Waals surface area (Å²) in [5, 5.41) is 7.16. The molecule has 2 saturated heterocycles. The molecule has 0 saturated carbocycles. The second kappa shape index (κ2) is 8.70. The topological polar surface area (TPSA) is 94.9 Å². The lowest BCUT2D eigenvalue weighted by Gasteiger charge is -2.34. The number of hydrogen-bond acceptors (Lipinski definition) is 6. The number of alkyl carbamates (subject to hydrolysis) is 1. The summed E-state index contributed by atoms with van der Waals surface area (Å²) in [6, 6.07) is -0.439. The second-order valence-corrected chi connectivity index (χ2v) is 10.8. The molecule has 3 rings (SSSR count). The molecular weight excluding hydrogens is 411 g/mol. The van der Waals surface area contributed by atoms with Gasteiger partial charge in [-0.3, -0.25) is 9.48 Å². The highest BCUT2D eigenvalue weighted by molar-refractivity contribution is 6.62. The molecule has 3 heterocycles. The van der Waals surface area contributed by atoms with Crippen molar-refractivity contribution in [1.29, 1.82) is 0 Å². The van der Waals surface area contributed by atoms with Crippen molar-refractivity contribution in [3.8, 4) is 0 Å². The van der Waals surface area contributed by atoms with E-state index in [2.05, 4.69) is 10.4 Å². The van der Waals surface area contributed by atoms with E-state index in [0.717, 1.165) is 18.3 Å². The zero-order chi connectivity index (χ0) is 23.9. The number of carbonyl (C=O) groups excluding carboxylic acids is 2. The van der Waals surface area contributed by atoms with Crippen LogP contribution in [0.2, 0.25) is 0 Å². The highest BCUT2D eigenvalue weighted by Gasteiger charge is 2.52. The number of nitrogens with one attached hydrogen (secondary N) is 1. The summed E-state index contributed by atoms with van der Waals surface area (Å²) in [4.78, 5) is 26.5. The number of piperidine rings is 1. The van der Waals surface area contributed by atoms with Crippen molar-refractivity contribution < 1.29 is 23.6 Å². The summed E-state index contributed by atoms with van der Waals surface area (Å²) in [5.41, 5.74) is -0.490. The Kier molecular flexibility index (Phi) is 6.68. The maximum Gasteiger partial charge on any atom is 0.498 e. The monoisotopic (exact) mass is 448 g/mol. The molecule has 32 heavy (non-hydrogen) atoms. The fourth-order valence-corrected chi connectivity index (χ4v) is 3.82. The van der Waals surface area contributed by atoms with Crippen LogP contribution >= 0.6 is 0 Å². The van der Waals surface area contributed by atoms with E-state index in [1.54, 1.807) is 38.8 Å². The molecule has 0 radical (unpaired) electrons. The largest absolute Gasteiger partial charge is 0.498 e. The van der Waals surface area contributed by atoms with Crippen LogP contribution < -0.4 is 10.8 Å². The van der Waals surface area contributed by atoms with Gasteiger partial charge in [0.15, 0.2) is 0 Å². The number of rotatable bonds is 4. The number of aromatic nitrogens is 2. The van der Waals surface area contributed by atoms with Crippen LogP contribution in [0.5, 0.6) is 0 Å². The highest BCUT2D eigenvalue weighted by Crippen LogP contribution is 2.36. The van der Waals surface area contributed by atoms with Crippen LogP contribution in [0.4, 0.5) is 4.79 Å². The van der Waals surface area contributed by atoms with Crippen LogP contribution in [0, 0.1) is 0 Å². The summed E-state index contributed by atoms with van der Waals surface area (Å²) in [6.07, 6.45) is 4.77. The molecule has 0 spiro atoms. The summed E-state index contributed by atoms with van der Waals surface area (Å²) < 4.78 is 19.4. The molecule has 1 N–H and O–H groups in total. The third-order valence-corrected chi connectivity index (χ3v) is 6.40. The maximum atomic E-state index is 12.7. The van der Waals surface area contributed by atoms with E-state index in [0.29, 0.717) is 13.1 Å². The predicted molar refractivity (Wildman–Crippen MR) is 122 cm³/mol. The van der Waals surface area contributed by atoms with Crippen LogP contribution in [0.3, 0.4) is 0 Å². The lowest BCUT2D eigenvalue weighted by molar-refractivity contribution is -0.134. The lowest BCUT2D eigenvalue weighted by Crippen LogP contribution is -2.50. The molecule has 0 unspecified atom stereocenters. The van der Waals surface area contributed by atoms with E-state index in [1.165, 1.54) is 0 Å². The summed E-state index contributed by atoms with van der Waals surface area (Å²) in [5.74, 6) is -0.104. The van der Waals surface area contributed by atoms with Gasteiger partial charge in [0.1, 0.15) is 11.6 Å². The third-order valence-electron chi connectivity index (χ3n) is 6.40. The van der Waals surface area contributed by atoms with Crippen LogP contribution in [0.15, 0.2) is 12.4 Å². The van der Waals surface area contributed by atoms with Crippen molar-refractivity contribution in [1.82, 2.24) is 20.0 Å². The first-order chi connectivity index (χ1) is 14.7. The first kappa shape index (κ1) is 24.6. The molecule has 2 aliphatic rings. The predicted octanol–water partition coefficient (Wildman–Crippen LogP) is 2.26. The maximum absolute atomic E-state index is 12.7. The standard InChI is InChI=1S/C22H37BN4O5/c1-15(25-19(29)30-20(2,3)4)18(28)26-11-9-17(10-12-26)27-14-16(13-24-27)23-31-21(5,6)22(7,8)32-23/h13-15,17H,9-12H2,1-8H3,(H,25,29)/t15-/m0/s1. The lowest BCUT2D eigenvalue weighted by atomic mass is 9.82. The molecule has 2 amide bonds. The number of amides is 2. The van der Waals surface area contributed by atoms with Crippen molar-refractivity contribution in [2.24, 2.45) is 0 Å². The van der Waals surface area contributed by atoms with E-state index in [9.17, 15) is 9.59 Å².